The Labute approximate surface area is 143 Å². The Balaban J connectivity index is 0.00000288. The van der Waals surface area contributed by atoms with Gasteiger partial charge >= 0.3 is 6.18 Å². The van der Waals surface area contributed by atoms with Crippen LogP contribution >= 0.6 is 12.4 Å². The Morgan fingerprint density at radius 3 is 2.58 bits per heavy atom. The van der Waals surface area contributed by atoms with E-state index in [9.17, 15) is 18.0 Å². The number of nitrogens with zero attached hydrogens (tertiary/aromatic N) is 2. The number of carbonyl (C=O) groups excluding carboxylic acids is 1. The molecule has 1 amide bonds. The average Bonchev–Trinajstić information content (AvgIpc) is 2.94. The first-order chi connectivity index (χ1) is 10.7. The van der Waals surface area contributed by atoms with Crippen molar-refractivity contribution in [2.24, 2.45) is 11.7 Å². The Morgan fingerprint density at radius 1 is 1.33 bits per heavy atom. The molecule has 0 fully saturated rings. The molecule has 0 radical (unpaired) electrons. The van der Waals surface area contributed by atoms with Crippen LogP contribution in [-0.4, -0.2) is 21.7 Å². The molecule has 24 heavy (non-hydrogen) atoms. The second-order valence-electron chi connectivity index (χ2n) is 5.48. The van der Waals surface area contributed by atoms with E-state index in [0.29, 0.717) is 5.69 Å². The first kappa shape index (κ1) is 20.0. The highest BCUT2D eigenvalue weighted by Crippen LogP contribution is 2.30. The van der Waals surface area contributed by atoms with E-state index in [2.05, 4.69) is 10.4 Å². The zero-order chi connectivity index (χ0) is 17.2. The van der Waals surface area contributed by atoms with Crippen molar-refractivity contribution in [2.75, 3.05) is 5.32 Å². The number of nitrogens with two attached hydrogens (primary N) is 1. The van der Waals surface area contributed by atoms with Crippen molar-refractivity contribution in [3.8, 4) is 5.69 Å². The van der Waals surface area contributed by atoms with Crippen molar-refractivity contribution in [3.63, 3.8) is 0 Å². The molecule has 9 heteroatoms. The highest BCUT2D eigenvalue weighted by Gasteiger charge is 2.30. The average molecular weight is 363 g/mol. The van der Waals surface area contributed by atoms with Gasteiger partial charge in [0.2, 0.25) is 5.91 Å². The number of hydrogen-bond acceptors (Lipinski definition) is 3. The molecule has 0 aliphatic heterocycles. The minimum atomic E-state index is -4.43. The fourth-order valence-corrected chi connectivity index (χ4v) is 1.88. The minimum Gasteiger partial charge on any atom is -0.322 e. The zero-order valence-electron chi connectivity index (χ0n) is 13.0. The van der Waals surface area contributed by atoms with Crippen LogP contribution < -0.4 is 11.1 Å². The third-order valence-electron chi connectivity index (χ3n) is 3.31. The van der Waals surface area contributed by atoms with E-state index < -0.39 is 17.8 Å². The maximum Gasteiger partial charge on any atom is 0.416 e. The van der Waals surface area contributed by atoms with Crippen LogP contribution in [0.15, 0.2) is 36.7 Å². The van der Waals surface area contributed by atoms with Gasteiger partial charge in [-0.15, -0.1) is 12.4 Å². The number of nitrogens with one attached hydrogen (secondary N) is 1. The van der Waals surface area contributed by atoms with Gasteiger partial charge in [0.15, 0.2) is 0 Å². The highest BCUT2D eigenvalue weighted by atomic mass is 35.5. The molecule has 0 spiro atoms. The van der Waals surface area contributed by atoms with Crippen LogP contribution in [0, 0.1) is 5.92 Å². The molecular formula is C15H18ClF3N4O. The molecule has 2 rings (SSSR count). The SMILES string of the molecule is CC(C)[C@H](N)C(=O)Nc1cnn(-c2cccc(C(F)(F)F)c2)c1.Cl. The fraction of sp³-hybridized carbons (Fsp3) is 0.333. The third-order valence-corrected chi connectivity index (χ3v) is 3.31. The van der Waals surface area contributed by atoms with Gasteiger partial charge in [-0.2, -0.15) is 18.3 Å². The normalized spacial score (nSPS) is 12.6. The first-order valence-electron chi connectivity index (χ1n) is 6.97. The monoisotopic (exact) mass is 362 g/mol. The second kappa shape index (κ2) is 7.67. The van der Waals surface area contributed by atoms with Crippen molar-refractivity contribution >= 4 is 24.0 Å². The lowest BCUT2D eigenvalue weighted by molar-refractivity contribution is -0.137. The Bertz CT molecular complexity index is 700. The van der Waals surface area contributed by atoms with Crippen LogP contribution in [0.3, 0.4) is 0 Å². The van der Waals surface area contributed by atoms with Crippen LogP contribution in [0.4, 0.5) is 18.9 Å². The van der Waals surface area contributed by atoms with E-state index >= 15 is 0 Å². The van der Waals surface area contributed by atoms with Gasteiger partial charge in [0.1, 0.15) is 0 Å². The Morgan fingerprint density at radius 2 is 2.00 bits per heavy atom. The van der Waals surface area contributed by atoms with Crippen LogP contribution in [0.1, 0.15) is 19.4 Å². The van der Waals surface area contributed by atoms with E-state index in [0.717, 1.165) is 12.1 Å². The molecule has 3 N–H and O–H groups in total. The van der Waals surface area contributed by atoms with Gasteiger partial charge in [-0.25, -0.2) is 4.68 Å². The number of benzene rings is 1. The molecule has 1 atom stereocenters. The lowest BCUT2D eigenvalue weighted by Gasteiger charge is -2.14. The van der Waals surface area contributed by atoms with E-state index in [1.54, 1.807) is 0 Å². The summed E-state index contributed by atoms with van der Waals surface area (Å²) in [5.41, 5.74) is 5.57. The Hall–Kier alpha value is -2.06. The summed E-state index contributed by atoms with van der Waals surface area (Å²) in [7, 11) is 0. The molecule has 132 valence electrons. The number of aromatic nitrogens is 2. The highest BCUT2D eigenvalue weighted by molar-refractivity contribution is 5.94. The molecule has 5 nitrogen and oxygen atoms in total. The fourth-order valence-electron chi connectivity index (χ4n) is 1.88. The first-order valence-corrected chi connectivity index (χ1v) is 6.97. The number of amides is 1. The van der Waals surface area contributed by atoms with Gasteiger partial charge < -0.3 is 11.1 Å². The summed E-state index contributed by atoms with van der Waals surface area (Å²) in [6.07, 6.45) is -1.64. The zero-order valence-corrected chi connectivity index (χ0v) is 13.9. The molecule has 0 saturated heterocycles. The smallest absolute Gasteiger partial charge is 0.322 e. The van der Waals surface area contributed by atoms with Crippen LogP contribution in [0.25, 0.3) is 5.69 Å². The molecular weight excluding hydrogens is 345 g/mol. The molecule has 1 heterocycles. The predicted octanol–water partition coefficient (Wildman–Crippen LogP) is 3.23. The molecule has 2 aromatic rings. The molecule has 0 unspecified atom stereocenters. The molecule has 1 aromatic heterocycles. The molecule has 0 bridgehead atoms. The Kier molecular flexibility index (Phi) is 6.39. The van der Waals surface area contributed by atoms with Gasteiger partial charge in [0.25, 0.3) is 0 Å². The lowest BCUT2D eigenvalue weighted by atomic mass is 10.1. The summed E-state index contributed by atoms with van der Waals surface area (Å²) in [5.74, 6) is -0.405. The summed E-state index contributed by atoms with van der Waals surface area (Å²) in [6, 6.07) is 4.09. The maximum absolute atomic E-state index is 12.7. The van der Waals surface area contributed by atoms with Crippen molar-refractivity contribution in [1.82, 2.24) is 9.78 Å². The van der Waals surface area contributed by atoms with E-state index in [1.807, 2.05) is 13.8 Å². The predicted molar refractivity (Wildman–Crippen MR) is 87.3 cm³/mol. The van der Waals surface area contributed by atoms with Crippen molar-refractivity contribution < 1.29 is 18.0 Å². The van der Waals surface area contributed by atoms with Gasteiger partial charge in [-0.3, -0.25) is 4.79 Å². The standard InChI is InChI=1S/C15H17F3N4O.ClH/c1-9(2)13(19)14(23)21-11-7-20-22(8-11)12-5-3-4-10(6-12)15(16,17)18;/h3-9,13H,19H2,1-2H3,(H,21,23);1H/t13-;/m0./s1. The number of carbonyl (C=O) groups is 1. The summed E-state index contributed by atoms with van der Waals surface area (Å²) >= 11 is 0. The summed E-state index contributed by atoms with van der Waals surface area (Å²) in [5, 5.41) is 6.55. The van der Waals surface area contributed by atoms with Crippen LogP contribution in [0.2, 0.25) is 0 Å². The van der Waals surface area contributed by atoms with E-state index in [-0.39, 0.29) is 29.9 Å². The number of halogens is 4. The van der Waals surface area contributed by atoms with Crippen molar-refractivity contribution in [3.05, 3.63) is 42.2 Å². The number of alkyl halides is 3. The molecule has 0 aliphatic rings. The molecule has 0 aliphatic carbocycles. The largest absolute Gasteiger partial charge is 0.416 e. The van der Waals surface area contributed by atoms with Gasteiger partial charge in [-0.05, 0) is 24.1 Å². The summed E-state index contributed by atoms with van der Waals surface area (Å²) in [6.45, 7) is 3.63. The maximum atomic E-state index is 12.7. The second-order valence-corrected chi connectivity index (χ2v) is 5.48. The number of anilines is 1. The lowest BCUT2D eigenvalue weighted by Crippen LogP contribution is -2.39. The quantitative estimate of drug-likeness (QED) is 0.877. The van der Waals surface area contributed by atoms with Gasteiger partial charge in [-0.1, -0.05) is 19.9 Å². The van der Waals surface area contributed by atoms with Crippen LogP contribution in [0.5, 0.6) is 0 Å². The molecule has 1 aromatic carbocycles. The summed E-state index contributed by atoms with van der Waals surface area (Å²) in [4.78, 5) is 11.9. The van der Waals surface area contributed by atoms with E-state index in [4.69, 9.17) is 5.73 Å². The van der Waals surface area contributed by atoms with Gasteiger partial charge in [0.05, 0.1) is 35.4 Å². The third kappa shape index (κ3) is 4.72. The van der Waals surface area contributed by atoms with Crippen molar-refractivity contribution in [2.45, 2.75) is 26.1 Å². The van der Waals surface area contributed by atoms with Gasteiger partial charge in [0, 0.05) is 0 Å². The van der Waals surface area contributed by atoms with E-state index in [1.165, 1.54) is 29.2 Å². The topological polar surface area (TPSA) is 72.9 Å². The summed E-state index contributed by atoms with van der Waals surface area (Å²) < 4.78 is 39.4. The van der Waals surface area contributed by atoms with Crippen molar-refractivity contribution in [1.29, 1.82) is 0 Å². The number of hydrogen-bond donors (Lipinski definition) is 2. The number of rotatable bonds is 4. The molecule has 0 saturated carbocycles. The minimum absolute atomic E-state index is 0. The van der Waals surface area contributed by atoms with Crippen LogP contribution in [-0.2, 0) is 11.0 Å².